The molecule has 0 radical (unpaired) electrons. The van der Waals surface area contributed by atoms with Crippen LogP contribution in [0.5, 0.6) is 0 Å². The van der Waals surface area contributed by atoms with Gasteiger partial charge in [0.15, 0.2) is 11.3 Å². The monoisotopic (exact) mass is 1070 g/mol. The van der Waals surface area contributed by atoms with Crippen LogP contribution in [-0.4, -0.2) is 85.8 Å². The maximum absolute atomic E-state index is 11.5. The van der Waals surface area contributed by atoms with E-state index >= 15 is 0 Å². The summed E-state index contributed by atoms with van der Waals surface area (Å²) in [5.41, 5.74) is 6.49. The van der Waals surface area contributed by atoms with E-state index in [-0.39, 0.29) is 47.3 Å². The second-order valence-corrected chi connectivity index (χ2v) is 22.4. The third kappa shape index (κ3) is 8.70. The Balaban J connectivity index is 0.698. The molecule has 4 saturated carbocycles. The summed E-state index contributed by atoms with van der Waals surface area (Å²) in [7, 11) is 0. The molecule has 2 saturated heterocycles. The Morgan fingerprint density at radius 1 is 0.740 bits per heavy atom. The van der Waals surface area contributed by atoms with Gasteiger partial charge in [-0.2, -0.15) is 4.98 Å². The minimum absolute atomic E-state index is 0.0238. The summed E-state index contributed by atoms with van der Waals surface area (Å²) < 4.78 is 31.4. The molecule has 4 aromatic heterocycles. The van der Waals surface area contributed by atoms with Gasteiger partial charge in [0.1, 0.15) is 34.2 Å². The van der Waals surface area contributed by atoms with Crippen molar-refractivity contribution in [3.8, 4) is 33.6 Å². The van der Waals surface area contributed by atoms with Gasteiger partial charge in [-0.3, -0.25) is 0 Å². The van der Waals surface area contributed by atoms with Gasteiger partial charge in [0, 0.05) is 65.8 Å². The van der Waals surface area contributed by atoms with Gasteiger partial charge in [-0.25, -0.2) is 19.6 Å². The highest BCUT2D eigenvalue weighted by atomic mass is 35.5. The summed E-state index contributed by atoms with van der Waals surface area (Å²) in [6.45, 7) is 3.75. The quantitative estimate of drug-likeness (QED) is 0.0980. The van der Waals surface area contributed by atoms with Crippen LogP contribution in [0.1, 0.15) is 113 Å². The van der Waals surface area contributed by atoms with Crippen LogP contribution in [-0.2, 0) is 22.7 Å². The maximum Gasteiger partial charge on any atom is 0.356 e. The first kappa shape index (κ1) is 47.0. The van der Waals surface area contributed by atoms with Gasteiger partial charge < -0.3 is 42.9 Å². The first-order valence-electron chi connectivity index (χ1n) is 24.7. The second-order valence-electron chi connectivity index (χ2n) is 20.8. The zero-order chi connectivity index (χ0) is 49.9. The van der Waals surface area contributed by atoms with Gasteiger partial charge in [-0.1, -0.05) is 62.8 Å². The fraction of sp³-hybridized carbons (Fsp3) is 0.415. The van der Waals surface area contributed by atoms with Gasteiger partial charge in [0.2, 0.25) is 0 Å². The molecule has 2 aliphatic heterocycles. The molecule has 73 heavy (non-hydrogen) atoms. The molecule has 4 aliphatic carbocycles. The van der Waals surface area contributed by atoms with Crippen LogP contribution in [0.4, 0.5) is 11.8 Å². The number of hydrogen-bond acceptors (Lipinski definition) is 14. The number of aromatic nitrogens is 5. The molecule has 6 fully saturated rings. The zero-order valence-electron chi connectivity index (χ0n) is 39.2. The molecule has 0 amide bonds. The number of halogens is 4. The van der Waals surface area contributed by atoms with Crippen LogP contribution in [0.25, 0.3) is 44.7 Å². The van der Waals surface area contributed by atoms with Crippen LogP contribution in [0.15, 0.2) is 68.3 Å². The fourth-order valence-corrected chi connectivity index (χ4v) is 13.1. The summed E-state index contributed by atoms with van der Waals surface area (Å²) in [5, 5.41) is 29.3. The van der Waals surface area contributed by atoms with Crippen molar-refractivity contribution in [2.75, 3.05) is 36.0 Å². The number of carboxylic acids is 2. The third-order valence-electron chi connectivity index (χ3n) is 15.9. The average Bonchev–Trinajstić information content (AvgIpc) is 3.98. The van der Waals surface area contributed by atoms with Crippen LogP contribution < -0.4 is 9.80 Å². The number of hydrogen-bond donors (Lipinski definition) is 2. The summed E-state index contributed by atoms with van der Waals surface area (Å²) in [6.07, 6.45) is 11.4. The Bertz CT molecular complexity index is 3310. The molecule has 2 atom stereocenters. The van der Waals surface area contributed by atoms with Gasteiger partial charge >= 0.3 is 11.9 Å². The Morgan fingerprint density at radius 2 is 1.40 bits per heavy atom. The largest absolute Gasteiger partial charge is 0.478 e. The minimum atomic E-state index is -1.10. The Kier molecular flexibility index (Phi) is 11.8. The summed E-state index contributed by atoms with van der Waals surface area (Å²) >= 11 is 28.8. The maximum atomic E-state index is 11.5. The highest BCUT2D eigenvalue weighted by molar-refractivity contribution is 6.42. The third-order valence-corrected chi connectivity index (χ3v) is 17.2. The standard InChI is InChI=1S/C53H47Cl4N7O9/c54-36-7-6-33(45(57)44(36)47-35(49(73-62-47)26-3-4-26)22-69-31-11-29-20-64(21-30(29)12-31)52-60-39-8-5-27(50(65)66)15-41(39)71-52)28-13-37(55)43(38(56)14-28)46-34(48(72-61-46)25-1-2-25)23-70-32-16-53(17-32)9-10-63(24-53)42-19-58-40(18-59-42)51(67)68/h5-8,13-15,18-19,25-26,29-32H,1-4,9-12,16-17,20-24H2,(H,65,66)(H,67,68). The Labute approximate surface area is 437 Å². The highest BCUT2D eigenvalue weighted by Crippen LogP contribution is 2.53. The van der Waals surface area contributed by atoms with Crippen molar-refractivity contribution < 1.29 is 42.7 Å². The molecule has 16 nitrogen and oxygen atoms in total. The lowest BCUT2D eigenvalue weighted by Crippen LogP contribution is -2.44. The van der Waals surface area contributed by atoms with Crippen molar-refractivity contribution in [2.45, 2.75) is 95.0 Å². The number of anilines is 2. The van der Waals surface area contributed by atoms with E-state index in [0.29, 0.717) is 95.1 Å². The number of fused-ring (bicyclic) bond motifs is 2. The van der Waals surface area contributed by atoms with E-state index in [1.165, 1.54) is 24.5 Å². The summed E-state index contributed by atoms with van der Waals surface area (Å²) in [5.74, 6) is 1.45. The first-order valence-corrected chi connectivity index (χ1v) is 26.2. The molecule has 7 aromatic rings. The van der Waals surface area contributed by atoms with Crippen molar-refractivity contribution >= 4 is 81.3 Å². The molecule has 6 aliphatic rings. The van der Waals surface area contributed by atoms with Crippen LogP contribution in [0, 0.1) is 17.3 Å². The zero-order valence-corrected chi connectivity index (χ0v) is 42.2. The number of carboxylic acid groups (broad SMARTS) is 2. The molecule has 20 heteroatoms. The predicted molar refractivity (Wildman–Crippen MR) is 271 cm³/mol. The number of aromatic carboxylic acids is 2. The number of carbonyl (C=O) groups is 2. The van der Waals surface area contributed by atoms with Crippen molar-refractivity contribution in [3.05, 3.63) is 109 Å². The van der Waals surface area contributed by atoms with Crippen molar-refractivity contribution in [1.29, 1.82) is 0 Å². The van der Waals surface area contributed by atoms with Crippen LogP contribution in [0.3, 0.4) is 0 Å². The van der Waals surface area contributed by atoms with Crippen LogP contribution in [0.2, 0.25) is 20.1 Å². The molecule has 1 spiro atoms. The average molecular weight is 1070 g/mol. The number of nitrogens with zero attached hydrogens (tertiary/aromatic N) is 7. The number of rotatable bonds is 15. The smallest absolute Gasteiger partial charge is 0.356 e. The van der Waals surface area contributed by atoms with Gasteiger partial charge in [0.05, 0.1) is 63.5 Å². The van der Waals surface area contributed by atoms with E-state index in [9.17, 15) is 19.8 Å². The summed E-state index contributed by atoms with van der Waals surface area (Å²) in [4.78, 5) is 40.1. The van der Waals surface area contributed by atoms with E-state index in [1.807, 2.05) is 18.2 Å². The van der Waals surface area contributed by atoms with Gasteiger partial charge in [0.25, 0.3) is 6.01 Å². The lowest BCUT2D eigenvalue weighted by Gasteiger charge is -2.44. The predicted octanol–water partition coefficient (Wildman–Crippen LogP) is 12.4. The number of benzene rings is 3. The molecule has 13 rings (SSSR count). The van der Waals surface area contributed by atoms with E-state index in [2.05, 4.69) is 35.1 Å². The first-order chi connectivity index (χ1) is 35.3. The normalized spacial score (nSPS) is 23.5. The van der Waals surface area contributed by atoms with Gasteiger partial charge in [-0.05, 0) is 117 Å². The summed E-state index contributed by atoms with van der Waals surface area (Å²) in [6, 6.07) is 12.6. The highest BCUT2D eigenvalue weighted by Gasteiger charge is 2.50. The SMILES string of the molecule is O=C(O)c1ccc2nc(N3CC4CC(OCc5c(-c6c(Cl)ccc(-c7cc(Cl)c(-c8noc(C9CC9)c8COC8CC9(CCN(c%10cnc(C(=O)O)cn%10)C9)C8)c(Cl)c7)c6Cl)noc5C5CC5)CC4C3)oc2c1. The van der Waals surface area contributed by atoms with E-state index in [0.717, 1.165) is 107 Å². The topological polar surface area (TPSA) is 203 Å². The van der Waals surface area contributed by atoms with E-state index in [1.54, 1.807) is 12.1 Å². The lowest BCUT2D eigenvalue weighted by atomic mass is 9.66. The Hall–Kier alpha value is -5.75. The van der Waals surface area contributed by atoms with E-state index < -0.39 is 11.9 Å². The lowest BCUT2D eigenvalue weighted by molar-refractivity contribution is -0.0796. The molecular formula is C53H47Cl4N7O9. The molecule has 0 bridgehead atoms. The van der Waals surface area contributed by atoms with Crippen molar-refractivity contribution in [1.82, 2.24) is 25.3 Å². The van der Waals surface area contributed by atoms with Crippen molar-refractivity contribution in [3.63, 3.8) is 0 Å². The molecule has 2 unspecified atom stereocenters. The van der Waals surface area contributed by atoms with Crippen LogP contribution >= 0.6 is 46.4 Å². The fourth-order valence-electron chi connectivity index (χ4n) is 11.8. The van der Waals surface area contributed by atoms with Crippen molar-refractivity contribution in [2.24, 2.45) is 17.3 Å². The Morgan fingerprint density at radius 3 is 2.01 bits per heavy atom. The molecule has 376 valence electrons. The number of oxazole rings is 1. The molecular weight excluding hydrogens is 1020 g/mol. The molecule has 6 heterocycles. The minimum Gasteiger partial charge on any atom is -0.478 e. The van der Waals surface area contributed by atoms with E-state index in [4.69, 9.17) is 69.3 Å². The number of ether oxygens (including phenoxy) is 2. The molecule has 3 aromatic carbocycles. The van der Waals surface area contributed by atoms with Gasteiger partial charge in [-0.15, -0.1) is 0 Å². The second kappa shape index (κ2) is 18.3. The molecule has 2 N–H and O–H groups in total.